The van der Waals surface area contributed by atoms with E-state index in [1.165, 1.54) is 12.0 Å². The van der Waals surface area contributed by atoms with Gasteiger partial charge in [0.25, 0.3) is 0 Å². The molecule has 0 amide bonds. The van der Waals surface area contributed by atoms with Gasteiger partial charge in [-0.25, -0.2) is 4.98 Å². The number of aryl methyl sites for hydroxylation is 1. The second-order valence-electron chi connectivity index (χ2n) is 6.67. The fraction of sp³-hybridized carbons (Fsp3) is 0.500. The number of anilines is 2. The Bertz CT molecular complexity index is 658. The summed E-state index contributed by atoms with van der Waals surface area (Å²) in [5.74, 6) is 1.69. The minimum Gasteiger partial charge on any atom is -0.362 e. The first-order valence-electron chi connectivity index (χ1n) is 8.50. The molecule has 1 fully saturated rings. The fourth-order valence-electron chi connectivity index (χ4n) is 3.20. The van der Waals surface area contributed by atoms with Gasteiger partial charge in [0, 0.05) is 57.4 Å². The monoisotopic (exact) mass is 326 g/mol. The maximum absolute atomic E-state index is 4.65. The highest BCUT2D eigenvalue weighted by Crippen LogP contribution is 2.19. The molecule has 2 aromatic rings. The molecule has 0 aromatic carbocycles. The van der Waals surface area contributed by atoms with E-state index in [0.29, 0.717) is 6.04 Å². The number of hydrogen-bond donors (Lipinski definition) is 1. The van der Waals surface area contributed by atoms with E-state index in [0.717, 1.165) is 43.4 Å². The van der Waals surface area contributed by atoms with E-state index in [1.54, 1.807) is 0 Å². The zero-order valence-corrected chi connectivity index (χ0v) is 14.7. The Balaban J connectivity index is 1.62. The average Bonchev–Trinajstić information content (AvgIpc) is 2.58. The lowest BCUT2D eigenvalue weighted by atomic mass is 10.1. The van der Waals surface area contributed by atoms with Crippen LogP contribution in [0.5, 0.6) is 0 Å². The molecular formula is C18H26N6. The van der Waals surface area contributed by atoms with Crippen molar-refractivity contribution in [2.75, 3.05) is 37.4 Å². The zero-order chi connectivity index (χ0) is 16.9. The van der Waals surface area contributed by atoms with Crippen molar-refractivity contribution in [2.45, 2.75) is 32.4 Å². The molecule has 0 spiro atoms. The van der Waals surface area contributed by atoms with E-state index < -0.39 is 0 Å². The van der Waals surface area contributed by atoms with Gasteiger partial charge in [-0.1, -0.05) is 6.07 Å². The van der Waals surface area contributed by atoms with Crippen molar-refractivity contribution in [1.29, 1.82) is 0 Å². The first-order chi connectivity index (χ1) is 11.6. The lowest BCUT2D eigenvalue weighted by molar-refractivity contribution is 0.208. The average molecular weight is 326 g/mol. The molecule has 24 heavy (non-hydrogen) atoms. The van der Waals surface area contributed by atoms with Gasteiger partial charge in [0.05, 0.1) is 0 Å². The van der Waals surface area contributed by atoms with Gasteiger partial charge >= 0.3 is 0 Å². The fourth-order valence-corrected chi connectivity index (χ4v) is 3.20. The number of pyridine rings is 1. The number of hydrogen-bond acceptors (Lipinski definition) is 6. The predicted molar refractivity (Wildman–Crippen MR) is 97.3 cm³/mol. The zero-order valence-electron chi connectivity index (χ0n) is 14.7. The van der Waals surface area contributed by atoms with Crippen LogP contribution in [-0.4, -0.2) is 53.1 Å². The Labute approximate surface area is 143 Å². The van der Waals surface area contributed by atoms with Gasteiger partial charge in [0.2, 0.25) is 5.95 Å². The summed E-state index contributed by atoms with van der Waals surface area (Å²) in [6, 6.07) is 4.52. The molecule has 3 rings (SSSR count). The van der Waals surface area contributed by atoms with Crippen LogP contribution in [0.2, 0.25) is 0 Å². The standard InChI is InChI=1S/C18H26N6/c1-14-10-20-18(22-17(14)23(2)3)21-16-7-5-9-24(13-16)12-15-6-4-8-19-11-15/h4,6,8,10-11,16H,5,7,9,12-13H2,1-3H3,(H,20,21,22)/t16-/m0/s1. The van der Waals surface area contributed by atoms with E-state index in [4.69, 9.17) is 0 Å². The van der Waals surface area contributed by atoms with Crippen molar-refractivity contribution < 1.29 is 0 Å². The van der Waals surface area contributed by atoms with Crippen LogP contribution in [0.25, 0.3) is 0 Å². The first-order valence-corrected chi connectivity index (χ1v) is 8.50. The Morgan fingerprint density at radius 2 is 2.21 bits per heavy atom. The third-order valence-corrected chi connectivity index (χ3v) is 4.34. The normalized spacial score (nSPS) is 18.4. The lowest BCUT2D eigenvalue weighted by Crippen LogP contribution is -2.42. The summed E-state index contributed by atoms with van der Waals surface area (Å²) in [6.45, 7) is 5.12. The second kappa shape index (κ2) is 7.57. The molecule has 0 bridgehead atoms. The van der Waals surface area contributed by atoms with Crippen LogP contribution < -0.4 is 10.2 Å². The van der Waals surface area contributed by atoms with Gasteiger partial charge in [-0.3, -0.25) is 9.88 Å². The van der Waals surface area contributed by atoms with Crippen LogP contribution >= 0.6 is 0 Å². The Morgan fingerprint density at radius 1 is 1.33 bits per heavy atom. The molecule has 1 aliphatic heterocycles. The smallest absolute Gasteiger partial charge is 0.224 e. The van der Waals surface area contributed by atoms with Crippen LogP contribution in [0, 0.1) is 6.92 Å². The molecule has 0 unspecified atom stereocenters. The van der Waals surface area contributed by atoms with Crippen LogP contribution in [0.3, 0.4) is 0 Å². The number of nitrogens with zero attached hydrogens (tertiary/aromatic N) is 5. The van der Waals surface area contributed by atoms with Crippen LogP contribution in [0.1, 0.15) is 24.0 Å². The number of rotatable bonds is 5. The van der Waals surface area contributed by atoms with E-state index in [-0.39, 0.29) is 0 Å². The molecule has 1 N–H and O–H groups in total. The summed E-state index contributed by atoms with van der Waals surface area (Å²) >= 11 is 0. The summed E-state index contributed by atoms with van der Waals surface area (Å²) in [7, 11) is 4.02. The second-order valence-corrected chi connectivity index (χ2v) is 6.67. The SMILES string of the molecule is Cc1cnc(N[C@H]2CCCN(Cc3cccnc3)C2)nc1N(C)C. The quantitative estimate of drug-likeness (QED) is 0.910. The van der Waals surface area contributed by atoms with E-state index in [2.05, 4.69) is 31.2 Å². The summed E-state index contributed by atoms with van der Waals surface area (Å²) in [5, 5.41) is 3.51. The maximum Gasteiger partial charge on any atom is 0.224 e. The van der Waals surface area contributed by atoms with Gasteiger partial charge in [-0.05, 0) is 37.9 Å². The van der Waals surface area contributed by atoms with Crippen molar-refractivity contribution in [3.05, 3.63) is 41.9 Å². The number of nitrogens with one attached hydrogen (secondary N) is 1. The molecule has 1 atom stereocenters. The summed E-state index contributed by atoms with van der Waals surface area (Å²) in [4.78, 5) is 17.8. The minimum absolute atomic E-state index is 0.383. The van der Waals surface area contributed by atoms with Crippen LogP contribution in [-0.2, 0) is 6.54 Å². The molecule has 6 nitrogen and oxygen atoms in total. The molecule has 3 heterocycles. The van der Waals surface area contributed by atoms with Crippen molar-refractivity contribution in [2.24, 2.45) is 0 Å². The molecule has 0 saturated carbocycles. The van der Waals surface area contributed by atoms with Gasteiger partial charge in [-0.2, -0.15) is 4.98 Å². The van der Waals surface area contributed by atoms with Gasteiger partial charge in [-0.15, -0.1) is 0 Å². The Kier molecular flexibility index (Phi) is 5.25. The van der Waals surface area contributed by atoms with Crippen LogP contribution in [0.4, 0.5) is 11.8 Å². The van der Waals surface area contributed by atoms with Gasteiger partial charge < -0.3 is 10.2 Å². The molecule has 0 aliphatic carbocycles. The minimum atomic E-state index is 0.383. The summed E-state index contributed by atoms with van der Waals surface area (Å²) in [5.41, 5.74) is 2.35. The number of likely N-dealkylation sites (tertiary alicyclic amines) is 1. The largest absolute Gasteiger partial charge is 0.362 e. The predicted octanol–water partition coefficient (Wildman–Crippen LogP) is 2.32. The van der Waals surface area contributed by atoms with E-state index >= 15 is 0 Å². The van der Waals surface area contributed by atoms with Gasteiger partial charge in [0.1, 0.15) is 5.82 Å². The lowest BCUT2D eigenvalue weighted by Gasteiger charge is -2.33. The highest BCUT2D eigenvalue weighted by Gasteiger charge is 2.21. The highest BCUT2D eigenvalue weighted by atomic mass is 15.2. The molecular weight excluding hydrogens is 300 g/mol. The van der Waals surface area contributed by atoms with Crippen molar-refractivity contribution in [1.82, 2.24) is 19.9 Å². The highest BCUT2D eigenvalue weighted by molar-refractivity contribution is 5.47. The molecule has 2 aromatic heterocycles. The van der Waals surface area contributed by atoms with Crippen molar-refractivity contribution >= 4 is 11.8 Å². The first kappa shape index (κ1) is 16.6. The van der Waals surface area contributed by atoms with E-state index in [9.17, 15) is 0 Å². The molecule has 128 valence electrons. The third-order valence-electron chi connectivity index (χ3n) is 4.34. The van der Waals surface area contributed by atoms with Crippen molar-refractivity contribution in [3.63, 3.8) is 0 Å². The Morgan fingerprint density at radius 3 is 2.96 bits per heavy atom. The van der Waals surface area contributed by atoms with Crippen molar-refractivity contribution in [3.8, 4) is 0 Å². The molecule has 0 radical (unpaired) electrons. The molecule has 1 aliphatic rings. The molecule has 1 saturated heterocycles. The van der Waals surface area contributed by atoms with Crippen LogP contribution in [0.15, 0.2) is 30.7 Å². The number of piperidine rings is 1. The summed E-state index contributed by atoms with van der Waals surface area (Å²) in [6.07, 6.45) is 7.99. The number of aromatic nitrogens is 3. The third kappa shape index (κ3) is 4.20. The Hall–Kier alpha value is -2.21. The van der Waals surface area contributed by atoms with Gasteiger partial charge in [0.15, 0.2) is 0 Å². The topological polar surface area (TPSA) is 57.2 Å². The summed E-state index contributed by atoms with van der Waals surface area (Å²) < 4.78 is 0. The van der Waals surface area contributed by atoms with E-state index in [1.807, 2.05) is 50.6 Å². The maximum atomic E-state index is 4.65. The molecule has 6 heteroatoms.